The molecule has 0 bridgehead atoms. The van der Waals surface area contributed by atoms with Gasteiger partial charge in [0.25, 0.3) is 0 Å². The Hall–Kier alpha value is -1.48. The first-order valence-electron chi connectivity index (χ1n) is 11.8. The molecule has 0 aliphatic carbocycles. The monoisotopic (exact) mass is 510 g/mol. The van der Waals surface area contributed by atoms with E-state index in [4.69, 9.17) is 0 Å². The molecule has 0 aromatic heterocycles. The van der Waals surface area contributed by atoms with Crippen LogP contribution in [0.15, 0.2) is 43.9 Å². The highest BCUT2D eigenvalue weighted by Crippen LogP contribution is 2.32. The normalized spacial score (nSPS) is 21.7. The average Bonchev–Trinajstić information content (AvgIpc) is 2.77. The Morgan fingerprint density at radius 1 is 0.618 bits per heavy atom. The molecule has 2 unspecified atom stereocenters. The lowest BCUT2D eigenvalue weighted by molar-refractivity contribution is -0.111. The van der Waals surface area contributed by atoms with Gasteiger partial charge in [0.15, 0.2) is 11.6 Å². The third-order valence-electron chi connectivity index (χ3n) is 6.19. The zero-order valence-corrected chi connectivity index (χ0v) is 22.4. The molecule has 0 saturated carbocycles. The minimum absolute atomic E-state index is 0.0693. The Labute approximate surface area is 208 Å². The molecule has 0 radical (unpaired) electrons. The van der Waals surface area contributed by atoms with Gasteiger partial charge in [-0.3, -0.25) is 9.59 Å². The van der Waals surface area contributed by atoms with Crippen LogP contribution < -0.4 is 0 Å². The molecule has 0 spiro atoms. The van der Waals surface area contributed by atoms with Crippen LogP contribution in [0.3, 0.4) is 0 Å². The van der Waals surface area contributed by atoms with Gasteiger partial charge < -0.3 is 10.2 Å². The second-order valence-corrected chi connectivity index (χ2v) is 13.8. The fraction of sp³-hybridized carbons (Fsp3) is 0.615. The van der Waals surface area contributed by atoms with Crippen molar-refractivity contribution in [3.8, 4) is 0 Å². The van der Waals surface area contributed by atoms with E-state index in [-0.39, 0.29) is 35.6 Å². The van der Waals surface area contributed by atoms with Crippen molar-refractivity contribution in [3.05, 3.63) is 43.9 Å². The molecule has 2 aliphatic heterocycles. The van der Waals surface area contributed by atoms with Crippen LogP contribution in [0.5, 0.6) is 0 Å². The highest BCUT2D eigenvalue weighted by molar-refractivity contribution is 7.93. The molecule has 2 heterocycles. The van der Waals surface area contributed by atoms with Crippen LogP contribution in [0.1, 0.15) is 79.1 Å². The molecule has 2 atom stereocenters. The molecule has 34 heavy (non-hydrogen) atoms. The maximum atomic E-state index is 13.0. The number of carbonyl (C=O) groups excluding carboxylic acids is 2. The summed E-state index contributed by atoms with van der Waals surface area (Å²) >= 11 is 0. The van der Waals surface area contributed by atoms with Gasteiger partial charge in [-0.15, -0.1) is 0 Å². The molecule has 190 valence electrons. The van der Waals surface area contributed by atoms with Crippen molar-refractivity contribution in [2.24, 2.45) is 10.8 Å². The van der Waals surface area contributed by atoms with Crippen molar-refractivity contribution in [3.63, 3.8) is 0 Å². The van der Waals surface area contributed by atoms with Crippen LogP contribution in [-0.4, -0.2) is 43.4 Å². The summed E-state index contributed by atoms with van der Waals surface area (Å²) in [5.74, 6) is -0.402. The maximum absolute atomic E-state index is 13.0. The van der Waals surface area contributed by atoms with Gasteiger partial charge in [-0.2, -0.15) is 0 Å². The predicted molar refractivity (Wildman–Crippen MR) is 137 cm³/mol. The minimum atomic E-state index is -1.43. The quantitative estimate of drug-likeness (QED) is 0.381. The van der Waals surface area contributed by atoms with E-state index < -0.39 is 21.6 Å². The number of hydrogen-bond acceptors (Lipinski definition) is 6. The Kier molecular flexibility index (Phi) is 10.5. The van der Waals surface area contributed by atoms with Gasteiger partial charge in [0, 0.05) is 32.8 Å². The van der Waals surface area contributed by atoms with E-state index in [0.29, 0.717) is 45.3 Å². The van der Waals surface area contributed by atoms with Gasteiger partial charge in [0.1, 0.15) is 0 Å². The van der Waals surface area contributed by atoms with Crippen molar-refractivity contribution in [1.82, 2.24) is 0 Å². The van der Waals surface area contributed by atoms with Crippen LogP contribution in [0.2, 0.25) is 0 Å². The van der Waals surface area contributed by atoms with Gasteiger partial charge in [-0.05, 0) is 86.5 Å². The van der Waals surface area contributed by atoms with E-state index in [1.807, 2.05) is 27.7 Å². The lowest BCUT2D eigenvalue weighted by atomic mass is 9.88. The molecular formula is C26H38O6S2. The summed E-state index contributed by atoms with van der Waals surface area (Å²) in [6.07, 6.45) is 10.2. The van der Waals surface area contributed by atoms with Crippen LogP contribution in [-0.2, 0) is 31.2 Å². The summed E-state index contributed by atoms with van der Waals surface area (Å²) < 4.78 is 26.0. The number of ketones is 2. The van der Waals surface area contributed by atoms with Gasteiger partial charge >= 0.3 is 0 Å². The molecule has 2 N–H and O–H groups in total. The number of hydrogen-bond donors (Lipinski definition) is 2. The third-order valence-corrected chi connectivity index (χ3v) is 9.39. The Morgan fingerprint density at radius 3 is 1.21 bits per heavy atom. The summed E-state index contributed by atoms with van der Waals surface area (Å²) in [6, 6.07) is 0. The zero-order valence-electron chi connectivity index (χ0n) is 20.7. The van der Waals surface area contributed by atoms with Gasteiger partial charge in [-0.25, -0.2) is 8.42 Å². The third kappa shape index (κ3) is 8.63. The number of aliphatic hydroxyl groups is 2. The summed E-state index contributed by atoms with van der Waals surface area (Å²) in [4.78, 5) is 26.6. The molecule has 8 heteroatoms. The van der Waals surface area contributed by atoms with E-state index in [1.165, 1.54) is 24.3 Å². The number of allylic oxidation sites excluding steroid dienone is 8. The molecular weight excluding hydrogens is 472 g/mol. The molecule has 0 aromatic rings. The van der Waals surface area contributed by atoms with Gasteiger partial charge in [-0.1, -0.05) is 27.7 Å². The first kappa shape index (κ1) is 28.8. The molecule has 6 nitrogen and oxygen atoms in total. The zero-order chi connectivity index (χ0) is 25.5. The van der Waals surface area contributed by atoms with E-state index in [9.17, 15) is 28.2 Å². The van der Waals surface area contributed by atoms with Crippen LogP contribution in [0.25, 0.3) is 0 Å². The standard InChI is InChI=1S/C26H38O6S2/c1-25(2,17-27)11-5-7-21-13-19(29)15-23(33(21)31)9-10-24-16-20(30)14-22(34(24)32)8-6-12-26(3,4)18-28/h13-16,27-28H,5-12,17-18H2,1-4H3. The summed E-state index contributed by atoms with van der Waals surface area (Å²) in [6.45, 7) is 7.99. The smallest absolute Gasteiger partial charge is 0.180 e. The fourth-order valence-corrected chi connectivity index (χ4v) is 6.62. The number of aliphatic hydroxyl groups excluding tert-OH is 2. The second-order valence-electron chi connectivity index (χ2n) is 10.6. The van der Waals surface area contributed by atoms with E-state index >= 15 is 0 Å². The lowest BCUT2D eigenvalue weighted by Gasteiger charge is -2.22. The summed E-state index contributed by atoms with van der Waals surface area (Å²) in [5, 5.41) is 18.8. The van der Waals surface area contributed by atoms with Gasteiger partial charge in [0.2, 0.25) is 0 Å². The SMILES string of the molecule is CC(C)(CO)CCCC1=CC(=O)C=C(CCC2=CC(=O)C=C(CCCC(C)(C)CO)S2=O)S1=O. The van der Waals surface area contributed by atoms with E-state index in [1.54, 1.807) is 0 Å². The van der Waals surface area contributed by atoms with Crippen molar-refractivity contribution in [2.45, 2.75) is 79.1 Å². The first-order chi connectivity index (χ1) is 15.9. The summed E-state index contributed by atoms with van der Waals surface area (Å²) in [5.41, 5.74) is -0.439. The minimum Gasteiger partial charge on any atom is -0.396 e. The first-order valence-corrected chi connectivity index (χ1v) is 14.1. The maximum Gasteiger partial charge on any atom is 0.180 e. The van der Waals surface area contributed by atoms with E-state index in [0.717, 1.165) is 25.7 Å². The van der Waals surface area contributed by atoms with Crippen LogP contribution in [0.4, 0.5) is 0 Å². The highest BCUT2D eigenvalue weighted by atomic mass is 32.2. The van der Waals surface area contributed by atoms with Crippen LogP contribution in [0, 0.1) is 10.8 Å². The van der Waals surface area contributed by atoms with Gasteiger partial charge in [0.05, 0.1) is 21.6 Å². The Morgan fingerprint density at radius 2 is 0.912 bits per heavy atom. The fourth-order valence-electron chi connectivity index (χ4n) is 3.82. The Balaban J connectivity index is 1.96. The van der Waals surface area contributed by atoms with Crippen molar-refractivity contribution in [2.75, 3.05) is 13.2 Å². The molecule has 0 amide bonds. The largest absolute Gasteiger partial charge is 0.396 e. The molecule has 0 saturated heterocycles. The van der Waals surface area contributed by atoms with Crippen molar-refractivity contribution < 1.29 is 28.2 Å². The van der Waals surface area contributed by atoms with Crippen molar-refractivity contribution >= 4 is 33.2 Å². The predicted octanol–water partition coefficient (Wildman–Crippen LogP) is 4.34. The second kappa shape index (κ2) is 12.5. The van der Waals surface area contributed by atoms with E-state index in [2.05, 4.69) is 0 Å². The number of carbonyl (C=O) groups is 2. The topological polar surface area (TPSA) is 109 Å². The molecule has 2 rings (SSSR count). The molecule has 0 aromatic carbocycles. The highest BCUT2D eigenvalue weighted by Gasteiger charge is 2.25. The molecule has 0 fully saturated rings. The number of rotatable bonds is 13. The lowest BCUT2D eigenvalue weighted by Crippen LogP contribution is -2.17. The average molecular weight is 511 g/mol. The Bertz CT molecular complexity index is 888. The van der Waals surface area contributed by atoms with Crippen LogP contribution >= 0.6 is 0 Å². The molecule has 2 aliphatic rings. The van der Waals surface area contributed by atoms with Crippen molar-refractivity contribution in [1.29, 1.82) is 0 Å². The summed E-state index contributed by atoms with van der Waals surface area (Å²) in [7, 11) is -2.85.